The molecule has 3 saturated heterocycles. The predicted octanol–water partition coefficient (Wildman–Crippen LogP) is 3.18. The summed E-state index contributed by atoms with van der Waals surface area (Å²) in [5.41, 5.74) is 1.03. The lowest BCUT2D eigenvalue weighted by Gasteiger charge is -2.27. The number of nitrogens with zero attached hydrogens (tertiary/aromatic N) is 2. The Bertz CT molecular complexity index is 1020. The highest BCUT2D eigenvalue weighted by atomic mass is 35.5. The topological polar surface area (TPSA) is 66.9 Å². The second-order valence-electron chi connectivity index (χ2n) is 8.02. The fraction of sp³-hybridized carbons (Fsp3) is 0.348. The standard InChI is InChI=1S/C23H21ClN2O4/c1-30-16-10-4-13(5-11-16)21(27)20-19-18(17-3-2-12-25(17)20)22(28)26(23(19)29)15-8-6-14(24)7-9-15/h4-11,17-20H,2-3,12H2,1H3/t17-,18-,19-,20+/m1/s1. The molecule has 4 atom stereocenters. The minimum Gasteiger partial charge on any atom is -0.497 e. The summed E-state index contributed by atoms with van der Waals surface area (Å²) in [5.74, 6) is -1.11. The minimum atomic E-state index is -0.659. The first kappa shape index (κ1) is 19.3. The monoisotopic (exact) mass is 424 g/mol. The first-order valence-electron chi connectivity index (χ1n) is 10.1. The van der Waals surface area contributed by atoms with E-state index < -0.39 is 17.9 Å². The number of ether oxygens (including phenoxy) is 1. The molecule has 2 aromatic rings. The Morgan fingerprint density at radius 1 is 1.00 bits per heavy atom. The van der Waals surface area contributed by atoms with Gasteiger partial charge in [0.25, 0.3) is 0 Å². The van der Waals surface area contributed by atoms with Crippen molar-refractivity contribution in [2.24, 2.45) is 11.8 Å². The van der Waals surface area contributed by atoms with Crippen LogP contribution in [0.4, 0.5) is 5.69 Å². The first-order valence-corrected chi connectivity index (χ1v) is 10.5. The predicted molar refractivity (Wildman–Crippen MR) is 112 cm³/mol. The number of halogens is 1. The maximum absolute atomic E-state index is 13.5. The summed E-state index contributed by atoms with van der Waals surface area (Å²) in [6.45, 7) is 0.728. The van der Waals surface area contributed by atoms with E-state index in [1.165, 1.54) is 4.90 Å². The molecule has 0 aromatic heterocycles. The molecule has 3 aliphatic rings. The van der Waals surface area contributed by atoms with Crippen LogP contribution in [0.25, 0.3) is 0 Å². The zero-order chi connectivity index (χ0) is 21.0. The normalized spacial score (nSPS) is 28.0. The van der Waals surface area contributed by atoms with Gasteiger partial charge in [-0.15, -0.1) is 0 Å². The van der Waals surface area contributed by atoms with Crippen LogP contribution in [-0.4, -0.2) is 48.2 Å². The number of methoxy groups -OCH3 is 1. The summed E-state index contributed by atoms with van der Waals surface area (Å²) in [7, 11) is 1.57. The van der Waals surface area contributed by atoms with Gasteiger partial charge in [-0.1, -0.05) is 11.6 Å². The van der Waals surface area contributed by atoms with Gasteiger partial charge in [0.05, 0.1) is 30.7 Å². The van der Waals surface area contributed by atoms with Crippen molar-refractivity contribution >= 4 is 34.9 Å². The maximum Gasteiger partial charge on any atom is 0.239 e. The van der Waals surface area contributed by atoms with Gasteiger partial charge in [0.1, 0.15) is 5.75 Å². The third-order valence-corrected chi connectivity index (χ3v) is 6.83. The molecule has 0 radical (unpaired) electrons. The van der Waals surface area contributed by atoms with Crippen LogP contribution in [0.1, 0.15) is 23.2 Å². The van der Waals surface area contributed by atoms with Crippen LogP contribution >= 0.6 is 11.6 Å². The molecule has 3 aliphatic heterocycles. The molecule has 0 saturated carbocycles. The van der Waals surface area contributed by atoms with E-state index in [0.29, 0.717) is 22.0 Å². The number of hydrogen-bond donors (Lipinski definition) is 0. The minimum absolute atomic E-state index is 0.0732. The van der Waals surface area contributed by atoms with Crippen molar-refractivity contribution in [2.75, 3.05) is 18.6 Å². The van der Waals surface area contributed by atoms with Crippen molar-refractivity contribution in [2.45, 2.75) is 24.9 Å². The summed E-state index contributed by atoms with van der Waals surface area (Å²) in [6, 6.07) is 12.9. The van der Waals surface area contributed by atoms with Gasteiger partial charge in [-0.25, -0.2) is 4.90 Å². The molecular formula is C23H21ClN2O4. The van der Waals surface area contributed by atoms with Crippen molar-refractivity contribution in [1.82, 2.24) is 4.90 Å². The molecule has 0 unspecified atom stereocenters. The average molecular weight is 425 g/mol. The highest BCUT2D eigenvalue weighted by Gasteiger charge is 2.64. The second kappa shape index (κ2) is 7.22. The molecule has 154 valence electrons. The molecule has 30 heavy (non-hydrogen) atoms. The molecule has 5 rings (SSSR count). The summed E-state index contributed by atoms with van der Waals surface area (Å²) in [5, 5.41) is 0.535. The molecular weight excluding hydrogens is 404 g/mol. The van der Waals surface area contributed by atoms with Crippen LogP contribution < -0.4 is 9.64 Å². The summed E-state index contributed by atoms with van der Waals surface area (Å²) >= 11 is 5.97. The first-order chi connectivity index (χ1) is 14.5. The zero-order valence-electron chi connectivity index (χ0n) is 16.5. The second-order valence-corrected chi connectivity index (χ2v) is 8.46. The largest absolute Gasteiger partial charge is 0.497 e. The molecule has 0 bridgehead atoms. The summed E-state index contributed by atoms with van der Waals surface area (Å²) < 4.78 is 5.18. The van der Waals surface area contributed by atoms with E-state index in [1.807, 2.05) is 0 Å². The van der Waals surface area contributed by atoms with Gasteiger partial charge in [0.15, 0.2) is 5.78 Å². The van der Waals surface area contributed by atoms with Crippen LogP contribution in [0, 0.1) is 11.8 Å². The number of carbonyl (C=O) groups excluding carboxylic acids is 3. The van der Waals surface area contributed by atoms with Gasteiger partial charge in [-0.3, -0.25) is 19.3 Å². The maximum atomic E-state index is 13.5. The van der Waals surface area contributed by atoms with Crippen molar-refractivity contribution in [3.8, 4) is 5.75 Å². The molecule has 2 aromatic carbocycles. The highest BCUT2D eigenvalue weighted by Crippen LogP contribution is 2.48. The van der Waals surface area contributed by atoms with E-state index >= 15 is 0 Å². The van der Waals surface area contributed by atoms with E-state index in [9.17, 15) is 14.4 Å². The SMILES string of the molecule is COc1ccc(C(=O)[C@@H]2[C@@H]3C(=O)N(c4ccc(Cl)cc4)C(=O)[C@@H]3[C@H]3CCCN32)cc1. The van der Waals surface area contributed by atoms with E-state index in [-0.39, 0.29) is 23.6 Å². The molecule has 3 fully saturated rings. The van der Waals surface area contributed by atoms with Crippen LogP contribution in [0.2, 0.25) is 5.02 Å². The van der Waals surface area contributed by atoms with Crippen molar-refractivity contribution in [3.63, 3.8) is 0 Å². The van der Waals surface area contributed by atoms with E-state index in [2.05, 4.69) is 4.90 Å². The quantitative estimate of drug-likeness (QED) is 0.557. The molecule has 3 heterocycles. The van der Waals surface area contributed by atoms with Gasteiger partial charge < -0.3 is 4.74 Å². The van der Waals surface area contributed by atoms with E-state index in [1.54, 1.807) is 55.6 Å². The fourth-order valence-electron chi connectivity index (χ4n) is 5.29. The van der Waals surface area contributed by atoms with Gasteiger partial charge in [-0.05, 0) is 67.9 Å². The van der Waals surface area contributed by atoms with Gasteiger partial charge >= 0.3 is 0 Å². The van der Waals surface area contributed by atoms with E-state index in [4.69, 9.17) is 16.3 Å². The lowest BCUT2D eigenvalue weighted by molar-refractivity contribution is -0.123. The molecule has 7 heteroatoms. The number of ketones is 1. The Morgan fingerprint density at radius 2 is 1.67 bits per heavy atom. The Morgan fingerprint density at radius 3 is 2.33 bits per heavy atom. The van der Waals surface area contributed by atoms with Crippen LogP contribution in [0.5, 0.6) is 5.75 Å². The number of fused-ring (bicyclic) bond motifs is 3. The third-order valence-electron chi connectivity index (χ3n) is 6.58. The van der Waals surface area contributed by atoms with Crippen molar-refractivity contribution < 1.29 is 19.1 Å². The molecule has 2 amide bonds. The summed E-state index contributed by atoms with van der Waals surface area (Å²) in [6.07, 6.45) is 1.74. The number of benzene rings is 2. The van der Waals surface area contributed by atoms with Gasteiger partial charge in [-0.2, -0.15) is 0 Å². The zero-order valence-corrected chi connectivity index (χ0v) is 17.2. The number of anilines is 1. The highest BCUT2D eigenvalue weighted by molar-refractivity contribution is 6.31. The van der Waals surface area contributed by atoms with Crippen molar-refractivity contribution in [3.05, 3.63) is 59.1 Å². The summed E-state index contributed by atoms with van der Waals surface area (Å²) in [4.78, 5) is 43.6. The van der Waals surface area contributed by atoms with Crippen molar-refractivity contribution in [1.29, 1.82) is 0 Å². The number of carbonyl (C=O) groups is 3. The lowest BCUT2D eigenvalue weighted by atomic mass is 9.85. The molecule has 0 spiro atoms. The van der Waals surface area contributed by atoms with Crippen LogP contribution in [0.3, 0.4) is 0 Å². The fourth-order valence-corrected chi connectivity index (χ4v) is 5.41. The van der Waals surface area contributed by atoms with E-state index in [0.717, 1.165) is 19.4 Å². The molecule has 0 aliphatic carbocycles. The lowest BCUT2D eigenvalue weighted by Crippen LogP contribution is -2.46. The number of Topliss-reactive ketones (excluding diaryl/α,β-unsaturated/α-hetero) is 1. The van der Waals surface area contributed by atoms with Gasteiger partial charge in [0.2, 0.25) is 11.8 Å². The number of rotatable bonds is 4. The molecule has 6 nitrogen and oxygen atoms in total. The van der Waals surface area contributed by atoms with Crippen LogP contribution in [0.15, 0.2) is 48.5 Å². The Hall–Kier alpha value is -2.70. The Labute approximate surface area is 179 Å². The van der Waals surface area contributed by atoms with Gasteiger partial charge in [0, 0.05) is 16.6 Å². The average Bonchev–Trinajstić information content (AvgIpc) is 3.41. The van der Waals surface area contributed by atoms with Crippen LogP contribution in [-0.2, 0) is 9.59 Å². The third kappa shape index (κ3) is 2.78. The molecule has 0 N–H and O–H groups in total. The Kier molecular flexibility index (Phi) is 4.64. The number of hydrogen-bond acceptors (Lipinski definition) is 5. The smallest absolute Gasteiger partial charge is 0.239 e. The Balaban J connectivity index is 1.52. The number of imide groups is 1. The number of amides is 2.